The lowest BCUT2D eigenvalue weighted by molar-refractivity contribution is -0.119. The van der Waals surface area contributed by atoms with Gasteiger partial charge in [0.05, 0.1) is 5.56 Å². The van der Waals surface area contributed by atoms with Crippen molar-refractivity contribution in [2.24, 2.45) is 0 Å². The minimum absolute atomic E-state index is 0.304. The fourth-order valence-corrected chi connectivity index (χ4v) is 1.71. The highest BCUT2D eigenvalue weighted by Gasteiger charge is 2.09. The van der Waals surface area contributed by atoms with E-state index in [1.54, 1.807) is 36.4 Å². The second-order valence-corrected chi connectivity index (χ2v) is 4.36. The van der Waals surface area contributed by atoms with E-state index in [0.29, 0.717) is 11.3 Å². The first kappa shape index (κ1) is 13.8. The van der Waals surface area contributed by atoms with Crippen molar-refractivity contribution in [2.75, 3.05) is 11.9 Å². The Kier molecular flexibility index (Phi) is 4.50. The van der Waals surface area contributed by atoms with Crippen LogP contribution in [-0.2, 0) is 9.53 Å². The van der Waals surface area contributed by atoms with Crippen molar-refractivity contribution in [1.29, 1.82) is 0 Å². The van der Waals surface area contributed by atoms with Crippen LogP contribution in [0.15, 0.2) is 54.6 Å². The summed E-state index contributed by atoms with van der Waals surface area (Å²) < 4.78 is 4.94. The highest BCUT2D eigenvalue weighted by atomic mass is 16.5. The number of carbonyl (C=O) groups is 2. The lowest BCUT2D eigenvalue weighted by atomic mass is 10.2. The number of carbonyl (C=O) groups excluding carboxylic acids is 2. The summed E-state index contributed by atoms with van der Waals surface area (Å²) in [4.78, 5) is 23.3. The second kappa shape index (κ2) is 6.52. The first-order valence-electron chi connectivity index (χ1n) is 6.24. The van der Waals surface area contributed by atoms with E-state index in [1.165, 1.54) is 0 Å². The maximum Gasteiger partial charge on any atom is 0.338 e. The Labute approximate surface area is 117 Å². The Hall–Kier alpha value is -2.62. The summed E-state index contributed by atoms with van der Waals surface area (Å²) in [5.74, 6) is -0.870. The molecule has 1 amide bonds. The summed E-state index contributed by atoms with van der Waals surface area (Å²) in [6, 6.07) is 16.0. The summed E-state index contributed by atoms with van der Waals surface area (Å²) in [6.45, 7) is 1.63. The number of anilines is 1. The number of nitrogens with one attached hydrogen (secondary N) is 1. The zero-order valence-electron chi connectivity index (χ0n) is 11.1. The molecular weight excluding hydrogens is 254 g/mol. The first-order valence-corrected chi connectivity index (χ1v) is 6.24. The third-order valence-corrected chi connectivity index (χ3v) is 2.65. The molecule has 0 fully saturated rings. The van der Waals surface area contributed by atoms with Crippen molar-refractivity contribution in [2.45, 2.75) is 6.92 Å². The third kappa shape index (κ3) is 3.95. The van der Waals surface area contributed by atoms with Gasteiger partial charge in [-0.2, -0.15) is 0 Å². The number of benzene rings is 2. The van der Waals surface area contributed by atoms with Crippen molar-refractivity contribution in [3.63, 3.8) is 0 Å². The molecule has 0 saturated heterocycles. The maximum absolute atomic E-state index is 11.7. The molecule has 0 unspecified atom stereocenters. The average molecular weight is 269 g/mol. The molecule has 0 aliphatic heterocycles. The Bertz CT molecular complexity index is 608. The number of ether oxygens (including phenoxy) is 1. The van der Waals surface area contributed by atoms with Gasteiger partial charge in [0, 0.05) is 5.69 Å². The lowest BCUT2D eigenvalue weighted by Crippen LogP contribution is -2.20. The van der Waals surface area contributed by atoms with E-state index in [0.717, 1.165) is 5.56 Å². The van der Waals surface area contributed by atoms with Gasteiger partial charge in [0.2, 0.25) is 0 Å². The van der Waals surface area contributed by atoms with Crippen LogP contribution in [-0.4, -0.2) is 18.5 Å². The Balaban J connectivity index is 1.85. The van der Waals surface area contributed by atoms with E-state index in [2.05, 4.69) is 5.32 Å². The molecule has 0 aliphatic carbocycles. The molecule has 2 aromatic carbocycles. The predicted molar refractivity (Wildman–Crippen MR) is 76.5 cm³/mol. The van der Waals surface area contributed by atoms with Gasteiger partial charge in [0.1, 0.15) is 0 Å². The molecule has 0 saturated carbocycles. The van der Waals surface area contributed by atoms with Crippen LogP contribution < -0.4 is 5.32 Å². The fraction of sp³-hybridized carbons (Fsp3) is 0.125. The summed E-state index contributed by atoms with van der Waals surface area (Å²) in [5, 5.41) is 2.67. The van der Waals surface area contributed by atoms with Crippen LogP contribution in [0.3, 0.4) is 0 Å². The Morgan fingerprint density at radius 2 is 1.80 bits per heavy atom. The van der Waals surface area contributed by atoms with Gasteiger partial charge in [-0.15, -0.1) is 0 Å². The van der Waals surface area contributed by atoms with Crippen LogP contribution in [0.1, 0.15) is 15.9 Å². The topological polar surface area (TPSA) is 55.4 Å². The van der Waals surface area contributed by atoms with Crippen LogP contribution in [0.5, 0.6) is 0 Å². The van der Waals surface area contributed by atoms with Crippen molar-refractivity contribution in [3.8, 4) is 0 Å². The van der Waals surface area contributed by atoms with Crippen LogP contribution in [0.4, 0.5) is 5.69 Å². The molecule has 0 heterocycles. The van der Waals surface area contributed by atoms with Gasteiger partial charge in [-0.3, -0.25) is 4.79 Å². The summed E-state index contributed by atoms with van der Waals surface area (Å²) >= 11 is 0. The van der Waals surface area contributed by atoms with Crippen LogP contribution in [0, 0.1) is 6.92 Å². The quantitative estimate of drug-likeness (QED) is 0.868. The van der Waals surface area contributed by atoms with Gasteiger partial charge in [0.25, 0.3) is 5.91 Å². The number of amides is 1. The molecule has 2 rings (SSSR count). The van der Waals surface area contributed by atoms with Gasteiger partial charge in [0.15, 0.2) is 6.61 Å². The molecule has 102 valence electrons. The largest absolute Gasteiger partial charge is 0.452 e. The average Bonchev–Trinajstić information content (AvgIpc) is 2.46. The van der Waals surface area contributed by atoms with Crippen LogP contribution in [0.2, 0.25) is 0 Å². The smallest absolute Gasteiger partial charge is 0.338 e. The standard InChI is InChI=1S/C16H15NO3/c1-12-6-5-9-14(10-12)17-15(18)11-20-16(19)13-7-3-2-4-8-13/h2-10H,11H2,1H3,(H,17,18). The molecule has 0 radical (unpaired) electrons. The zero-order valence-corrected chi connectivity index (χ0v) is 11.1. The van der Waals surface area contributed by atoms with Gasteiger partial charge < -0.3 is 10.1 Å². The zero-order chi connectivity index (χ0) is 14.4. The summed E-state index contributed by atoms with van der Waals surface area (Å²) in [5.41, 5.74) is 2.16. The van der Waals surface area contributed by atoms with Crippen LogP contribution >= 0.6 is 0 Å². The highest BCUT2D eigenvalue weighted by molar-refractivity contribution is 5.95. The van der Waals surface area contributed by atoms with Crippen molar-refractivity contribution < 1.29 is 14.3 Å². The molecule has 0 atom stereocenters. The fourth-order valence-electron chi connectivity index (χ4n) is 1.71. The van der Waals surface area contributed by atoms with Gasteiger partial charge in [-0.1, -0.05) is 30.3 Å². The monoisotopic (exact) mass is 269 g/mol. The molecule has 20 heavy (non-hydrogen) atoms. The molecule has 0 bridgehead atoms. The van der Waals surface area contributed by atoms with E-state index in [1.807, 2.05) is 25.1 Å². The lowest BCUT2D eigenvalue weighted by Gasteiger charge is -2.07. The summed E-state index contributed by atoms with van der Waals surface area (Å²) in [7, 11) is 0. The third-order valence-electron chi connectivity index (χ3n) is 2.65. The molecule has 4 heteroatoms. The number of aryl methyl sites for hydroxylation is 1. The van der Waals surface area contributed by atoms with Gasteiger partial charge >= 0.3 is 5.97 Å². The van der Waals surface area contributed by atoms with Crippen molar-refractivity contribution >= 4 is 17.6 Å². The molecule has 0 aromatic heterocycles. The highest BCUT2D eigenvalue weighted by Crippen LogP contribution is 2.09. The Morgan fingerprint density at radius 3 is 2.50 bits per heavy atom. The second-order valence-electron chi connectivity index (χ2n) is 4.36. The maximum atomic E-state index is 11.7. The molecule has 0 aliphatic rings. The molecule has 0 spiro atoms. The van der Waals surface area contributed by atoms with E-state index < -0.39 is 5.97 Å². The molecule has 1 N–H and O–H groups in total. The number of esters is 1. The van der Waals surface area contributed by atoms with E-state index in [-0.39, 0.29) is 12.5 Å². The van der Waals surface area contributed by atoms with E-state index in [4.69, 9.17) is 4.74 Å². The Morgan fingerprint density at radius 1 is 1.05 bits per heavy atom. The SMILES string of the molecule is Cc1cccc(NC(=O)COC(=O)c2ccccc2)c1. The van der Waals surface area contributed by atoms with Gasteiger partial charge in [-0.25, -0.2) is 4.79 Å². The van der Waals surface area contributed by atoms with Gasteiger partial charge in [-0.05, 0) is 36.8 Å². The minimum atomic E-state index is -0.509. The molecular formula is C16H15NO3. The van der Waals surface area contributed by atoms with Crippen molar-refractivity contribution in [1.82, 2.24) is 0 Å². The molecule has 4 nitrogen and oxygen atoms in total. The summed E-state index contributed by atoms with van der Waals surface area (Å²) in [6.07, 6.45) is 0. The number of hydrogen-bond donors (Lipinski definition) is 1. The minimum Gasteiger partial charge on any atom is -0.452 e. The normalized spacial score (nSPS) is 9.85. The van der Waals surface area contributed by atoms with Crippen molar-refractivity contribution in [3.05, 3.63) is 65.7 Å². The number of rotatable bonds is 4. The van der Waals surface area contributed by atoms with E-state index >= 15 is 0 Å². The van der Waals surface area contributed by atoms with E-state index in [9.17, 15) is 9.59 Å². The van der Waals surface area contributed by atoms with Crippen LogP contribution in [0.25, 0.3) is 0 Å². The predicted octanol–water partition coefficient (Wildman–Crippen LogP) is 2.79. The molecule has 2 aromatic rings. The first-order chi connectivity index (χ1) is 9.65. The number of hydrogen-bond acceptors (Lipinski definition) is 3.